The van der Waals surface area contributed by atoms with Crippen molar-refractivity contribution in [2.45, 2.75) is 45.4 Å². The summed E-state index contributed by atoms with van der Waals surface area (Å²) in [6.07, 6.45) is -1.05. The van der Waals surface area contributed by atoms with Crippen LogP contribution in [0.4, 0.5) is 13.9 Å². The molecule has 0 spiro atoms. The largest absolute Gasteiger partial charge is 0.460 e. The van der Waals surface area contributed by atoms with Gasteiger partial charge in [0.2, 0.25) is 0 Å². The molecule has 0 aromatic rings. The number of esters is 1. The van der Waals surface area contributed by atoms with Crippen LogP contribution in [0.5, 0.6) is 0 Å². The normalized spacial score (nSPS) is 12.9. The van der Waals surface area contributed by atoms with Crippen LogP contribution in [-0.2, 0) is 9.53 Å². The molecule has 0 aromatic carbocycles. The summed E-state index contributed by atoms with van der Waals surface area (Å²) in [7, 11) is 0. The summed E-state index contributed by atoms with van der Waals surface area (Å²) in [6, 6.07) is -1.18. The van der Waals surface area contributed by atoms with Gasteiger partial charge in [0.25, 0.3) is 0 Å². The summed E-state index contributed by atoms with van der Waals surface area (Å²) in [5.74, 6) is -0.717. The Hall–Kier alpha value is -1.47. The number of hydrogen-bond acceptors (Lipinski definition) is 4. The van der Waals surface area contributed by atoms with Crippen LogP contribution in [0, 0.1) is 0 Å². The van der Waals surface area contributed by atoms with Gasteiger partial charge in [0.15, 0.2) is 6.04 Å². The maximum absolute atomic E-state index is 11.3. The maximum atomic E-state index is 11.3. The standard InChI is InChI=1S/C8H15N3O3.F2.FH/c1-5(12)6(10-11-9)7(13)14-8(2,3)4;1-2;/h5-6,12H,1-4H3;;1H/t5-,6+;;/m1../s1. The van der Waals surface area contributed by atoms with E-state index < -0.39 is 23.7 Å². The fourth-order valence-electron chi connectivity index (χ4n) is 0.758. The molecule has 2 atom stereocenters. The molecule has 0 aliphatic heterocycles. The zero-order chi connectivity index (χ0) is 13.4. The Labute approximate surface area is 96.4 Å². The van der Waals surface area contributed by atoms with Gasteiger partial charge in [0.1, 0.15) is 5.60 Å². The van der Waals surface area contributed by atoms with Crippen LogP contribution in [0.15, 0.2) is 5.11 Å². The van der Waals surface area contributed by atoms with Gasteiger partial charge in [-0.3, -0.25) is 9.50 Å². The number of ether oxygens (including phenoxy) is 1. The highest BCUT2D eigenvalue weighted by atomic mass is 20.0. The van der Waals surface area contributed by atoms with Crippen molar-refractivity contribution in [3.8, 4) is 0 Å². The van der Waals surface area contributed by atoms with E-state index in [1.807, 2.05) is 0 Å². The van der Waals surface area contributed by atoms with Crippen molar-refractivity contribution < 1.29 is 28.5 Å². The molecule has 0 rings (SSSR count). The van der Waals surface area contributed by atoms with E-state index in [-0.39, 0.29) is 4.70 Å². The van der Waals surface area contributed by atoms with Gasteiger partial charge in [-0.05, 0) is 33.2 Å². The van der Waals surface area contributed by atoms with Crippen LogP contribution in [-0.4, -0.2) is 28.8 Å². The molecular weight excluding hydrogens is 243 g/mol. The molecule has 0 saturated heterocycles. The zero-order valence-corrected chi connectivity index (χ0v) is 9.92. The van der Waals surface area contributed by atoms with Crippen molar-refractivity contribution in [3.05, 3.63) is 10.4 Å². The molecule has 9 heteroatoms. The number of rotatable bonds is 3. The summed E-state index contributed by atoms with van der Waals surface area (Å²) in [5.41, 5.74) is 7.51. The molecule has 0 saturated carbocycles. The van der Waals surface area contributed by atoms with Crippen LogP contribution in [0.1, 0.15) is 27.7 Å². The topological polar surface area (TPSA) is 95.3 Å². The van der Waals surface area contributed by atoms with Crippen LogP contribution >= 0.6 is 0 Å². The highest BCUT2D eigenvalue weighted by Gasteiger charge is 2.27. The van der Waals surface area contributed by atoms with Crippen molar-refractivity contribution in [2.75, 3.05) is 0 Å². The lowest BCUT2D eigenvalue weighted by molar-refractivity contribution is -0.158. The summed E-state index contributed by atoms with van der Waals surface area (Å²) >= 11 is 0. The number of aliphatic hydroxyl groups is 1. The van der Waals surface area contributed by atoms with E-state index in [9.17, 15) is 4.79 Å². The average molecular weight is 259 g/mol. The predicted molar refractivity (Wildman–Crippen MR) is 55.2 cm³/mol. The lowest BCUT2D eigenvalue weighted by Crippen LogP contribution is -2.36. The molecule has 102 valence electrons. The van der Waals surface area contributed by atoms with E-state index in [0.717, 1.165) is 0 Å². The minimum absolute atomic E-state index is 0. The molecule has 0 bridgehead atoms. The molecule has 0 unspecified atom stereocenters. The van der Waals surface area contributed by atoms with E-state index in [4.69, 9.17) is 24.5 Å². The highest BCUT2D eigenvalue weighted by molar-refractivity contribution is 5.77. The van der Waals surface area contributed by atoms with Crippen LogP contribution < -0.4 is 0 Å². The van der Waals surface area contributed by atoms with Gasteiger partial charge < -0.3 is 9.84 Å². The molecule has 0 amide bonds. The van der Waals surface area contributed by atoms with Gasteiger partial charge in [0, 0.05) is 14.1 Å². The second kappa shape index (κ2) is 9.73. The molecule has 6 nitrogen and oxygen atoms in total. The molecule has 0 aromatic heterocycles. The van der Waals surface area contributed by atoms with Crippen LogP contribution in [0.3, 0.4) is 0 Å². The highest BCUT2D eigenvalue weighted by Crippen LogP contribution is 2.11. The average Bonchev–Trinajstić information content (AvgIpc) is 2.14. The van der Waals surface area contributed by atoms with Gasteiger partial charge in [-0.2, -0.15) is 0 Å². The monoisotopic (exact) mass is 259 g/mol. The first kappa shape index (κ1) is 20.9. The first-order valence-corrected chi connectivity index (χ1v) is 4.37. The zero-order valence-electron chi connectivity index (χ0n) is 9.92. The lowest BCUT2D eigenvalue weighted by Gasteiger charge is -2.22. The van der Waals surface area contributed by atoms with E-state index in [2.05, 4.69) is 10.0 Å². The maximum Gasteiger partial charge on any atom is 0.318 e. The van der Waals surface area contributed by atoms with Gasteiger partial charge in [-0.25, -0.2) is 0 Å². The Morgan fingerprint density at radius 1 is 1.47 bits per heavy atom. The van der Waals surface area contributed by atoms with Crippen molar-refractivity contribution >= 4 is 5.97 Å². The van der Waals surface area contributed by atoms with Gasteiger partial charge in [0.05, 0.1) is 6.10 Å². The number of carbonyl (C=O) groups is 1. The van der Waals surface area contributed by atoms with Crippen molar-refractivity contribution in [1.29, 1.82) is 0 Å². The molecule has 0 aliphatic carbocycles. The SMILES string of the molecule is C[C@@H](O)[C@H](N=[N+]=[N-])C(=O)OC(C)(C)C.F.FF. The smallest absolute Gasteiger partial charge is 0.318 e. The van der Waals surface area contributed by atoms with Crippen LogP contribution in [0.25, 0.3) is 10.4 Å². The molecule has 17 heavy (non-hydrogen) atoms. The minimum Gasteiger partial charge on any atom is -0.460 e. The predicted octanol–water partition coefficient (Wildman–Crippen LogP) is 2.38. The van der Waals surface area contributed by atoms with Crippen molar-refractivity contribution in [1.82, 2.24) is 0 Å². The Morgan fingerprint density at radius 2 is 1.88 bits per heavy atom. The number of azide groups is 1. The second-order valence-corrected chi connectivity index (χ2v) is 3.92. The van der Waals surface area contributed by atoms with E-state index >= 15 is 0 Å². The number of halogens is 3. The molecule has 0 radical (unpaired) electrons. The minimum atomic E-state index is -1.18. The van der Waals surface area contributed by atoms with E-state index in [0.29, 0.717) is 0 Å². The number of nitrogens with zero attached hydrogens (tertiary/aromatic N) is 3. The third-order valence-electron chi connectivity index (χ3n) is 1.28. The fraction of sp³-hybridized carbons (Fsp3) is 0.875. The van der Waals surface area contributed by atoms with Gasteiger partial charge in [-0.1, -0.05) is 5.11 Å². The number of aliphatic hydroxyl groups excluding tert-OH is 1. The molecule has 1 N–H and O–H groups in total. The molecular formula is C8H16F3N3O3. The quantitative estimate of drug-likeness (QED) is 0.364. The lowest BCUT2D eigenvalue weighted by atomic mass is 10.1. The first-order chi connectivity index (χ1) is 7.28. The summed E-state index contributed by atoms with van der Waals surface area (Å²) < 4.78 is 20.9. The third kappa shape index (κ3) is 10.8. The van der Waals surface area contributed by atoms with Gasteiger partial charge >= 0.3 is 5.97 Å². The number of hydrogen-bond donors (Lipinski definition) is 1. The molecule has 0 aliphatic rings. The summed E-state index contributed by atoms with van der Waals surface area (Å²) in [6.45, 7) is 6.45. The Bertz CT molecular complexity index is 262. The Kier molecular flexibility index (Phi) is 12.0. The van der Waals surface area contributed by atoms with E-state index in [1.54, 1.807) is 20.8 Å². The van der Waals surface area contributed by atoms with Crippen molar-refractivity contribution in [2.24, 2.45) is 5.11 Å². The van der Waals surface area contributed by atoms with Gasteiger partial charge in [-0.15, -0.1) is 0 Å². The molecule has 0 heterocycles. The Balaban J connectivity index is -0.000000616. The Morgan fingerprint density at radius 3 is 2.12 bits per heavy atom. The third-order valence-corrected chi connectivity index (χ3v) is 1.28. The second-order valence-electron chi connectivity index (χ2n) is 3.92. The molecule has 0 fully saturated rings. The summed E-state index contributed by atoms with van der Waals surface area (Å²) in [5, 5.41) is 12.3. The fourth-order valence-corrected chi connectivity index (χ4v) is 0.758. The van der Waals surface area contributed by atoms with Crippen molar-refractivity contribution in [3.63, 3.8) is 0 Å². The first-order valence-electron chi connectivity index (χ1n) is 4.37. The van der Waals surface area contributed by atoms with Crippen LogP contribution in [0.2, 0.25) is 0 Å². The summed E-state index contributed by atoms with van der Waals surface area (Å²) in [4.78, 5) is 13.8. The van der Waals surface area contributed by atoms with E-state index in [1.165, 1.54) is 6.92 Å². The number of carbonyl (C=O) groups excluding carboxylic acids is 1.